The molecular formula is C15H23N3O3. The molecule has 0 aliphatic carbocycles. The van der Waals surface area contributed by atoms with Gasteiger partial charge >= 0.3 is 0 Å². The van der Waals surface area contributed by atoms with Crippen molar-refractivity contribution in [2.45, 2.75) is 33.2 Å². The molecule has 1 aromatic rings. The number of hydrogen-bond donors (Lipinski definition) is 3. The van der Waals surface area contributed by atoms with Crippen molar-refractivity contribution < 1.29 is 14.3 Å². The van der Waals surface area contributed by atoms with Crippen LogP contribution < -0.4 is 21.1 Å². The van der Waals surface area contributed by atoms with E-state index in [9.17, 15) is 9.59 Å². The van der Waals surface area contributed by atoms with E-state index in [1.807, 2.05) is 20.8 Å². The van der Waals surface area contributed by atoms with Crippen molar-refractivity contribution in [2.75, 3.05) is 18.9 Å². The van der Waals surface area contributed by atoms with Gasteiger partial charge in [-0.05, 0) is 32.9 Å². The van der Waals surface area contributed by atoms with Crippen molar-refractivity contribution in [2.24, 2.45) is 0 Å². The summed E-state index contributed by atoms with van der Waals surface area (Å²) in [6.07, 6.45) is 0.232. The van der Waals surface area contributed by atoms with Gasteiger partial charge in [0.15, 0.2) is 5.75 Å². The van der Waals surface area contributed by atoms with Crippen LogP contribution in [0.5, 0.6) is 5.75 Å². The second-order valence-electron chi connectivity index (χ2n) is 4.89. The van der Waals surface area contributed by atoms with Crippen LogP contribution in [0.3, 0.4) is 0 Å². The van der Waals surface area contributed by atoms with Crippen molar-refractivity contribution in [3.63, 3.8) is 0 Å². The van der Waals surface area contributed by atoms with E-state index in [0.29, 0.717) is 23.6 Å². The summed E-state index contributed by atoms with van der Waals surface area (Å²) in [5.41, 5.74) is 6.60. The van der Waals surface area contributed by atoms with Gasteiger partial charge in [-0.15, -0.1) is 0 Å². The Hall–Kier alpha value is -2.24. The molecule has 4 N–H and O–H groups in total. The molecule has 0 saturated carbocycles. The highest BCUT2D eigenvalue weighted by molar-refractivity contribution is 5.98. The zero-order valence-corrected chi connectivity index (χ0v) is 12.7. The number of benzene rings is 1. The quantitative estimate of drug-likeness (QED) is 0.661. The standard InChI is InChI=1S/C15H23N3O3/c1-4-21-14-11(6-5-7-12(14)16)15(20)17-9-8-13(19)18-10(2)3/h5-7,10H,4,8-9,16H2,1-3H3,(H,17,20)(H,18,19). The summed E-state index contributed by atoms with van der Waals surface area (Å²) in [4.78, 5) is 23.6. The van der Waals surface area contributed by atoms with Crippen molar-refractivity contribution in [3.05, 3.63) is 23.8 Å². The van der Waals surface area contributed by atoms with Gasteiger partial charge in [0.05, 0.1) is 17.9 Å². The van der Waals surface area contributed by atoms with Crippen LogP contribution in [-0.4, -0.2) is 31.0 Å². The molecule has 0 unspecified atom stereocenters. The van der Waals surface area contributed by atoms with Crippen LogP contribution >= 0.6 is 0 Å². The summed E-state index contributed by atoms with van der Waals surface area (Å²) >= 11 is 0. The van der Waals surface area contributed by atoms with Crippen LogP contribution in [0, 0.1) is 0 Å². The Morgan fingerprint density at radius 1 is 1.33 bits per heavy atom. The molecule has 21 heavy (non-hydrogen) atoms. The van der Waals surface area contributed by atoms with Crippen molar-refractivity contribution >= 4 is 17.5 Å². The SMILES string of the molecule is CCOc1c(N)cccc1C(=O)NCCC(=O)NC(C)C. The molecule has 0 aliphatic heterocycles. The Balaban J connectivity index is 2.60. The number of nitrogens with one attached hydrogen (secondary N) is 2. The average molecular weight is 293 g/mol. The van der Waals surface area contributed by atoms with Gasteiger partial charge in [-0.2, -0.15) is 0 Å². The maximum atomic E-state index is 12.1. The summed E-state index contributed by atoms with van der Waals surface area (Å²) in [5, 5.41) is 5.46. The first-order chi connectivity index (χ1) is 9.95. The monoisotopic (exact) mass is 293 g/mol. The summed E-state index contributed by atoms with van der Waals surface area (Å²) in [7, 11) is 0. The fourth-order valence-electron chi connectivity index (χ4n) is 1.82. The molecule has 116 valence electrons. The largest absolute Gasteiger partial charge is 0.491 e. The van der Waals surface area contributed by atoms with Crippen LogP contribution in [0.15, 0.2) is 18.2 Å². The first-order valence-corrected chi connectivity index (χ1v) is 7.04. The number of amides is 2. The maximum Gasteiger partial charge on any atom is 0.255 e. The fourth-order valence-corrected chi connectivity index (χ4v) is 1.82. The molecular weight excluding hydrogens is 270 g/mol. The average Bonchev–Trinajstić information content (AvgIpc) is 2.40. The van der Waals surface area contributed by atoms with Crippen LogP contribution in [0.1, 0.15) is 37.6 Å². The van der Waals surface area contributed by atoms with Crippen molar-refractivity contribution in [3.8, 4) is 5.75 Å². The van der Waals surface area contributed by atoms with Gasteiger partial charge in [-0.3, -0.25) is 9.59 Å². The Morgan fingerprint density at radius 2 is 2.05 bits per heavy atom. The molecule has 1 aromatic carbocycles. The summed E-state index contributed by atoms with van der Waals surface area (Å²) < 4.78 is 5.40. The van der Waals surface area contributed by atoms with E-state index in [2.05, 4.69) is 10.6 Å². The lowest BCUT2D eigenvalue weighted by molar-refractivity contribution is -0.121. The number of hydrogen-bond acceptors (Lipinski definition) is 4. The molecule has 2 amide bonds. The zero-order valence-electron chi connectivity index (χ0n) is 12.7. The van der Waals surface area contributed by atoms with E-state index < -0.39 is 0 Å². The zero-order chi connectivity index (χ0) is 15.8. The van der Waals surface area contributed by atoms with E-state index in [1.165, 1.54) is 0 Å². The minimum Gasteiger partial charge on any atom is -0.491 e. The second-order valence-corrected chi connectivity index (χ2v) is 4.89. The minimum absolute atomic E-state index is 0.0895. The molecule has 0 radical (unpaired) electrons. The van der Waals surface area contributed by atoms with Gasteiger partial charge in [-0.25, -0.2) is 0 Å². The first kappa shape index (κ1) is 16.8. The summed E-state index contributed by atoms with van der Waals surface area (Å²) in [6.45, 7) is 6.28. The molecule has 0 atom stereocenters. The smallest absolute Gasteiger partial charge is 0.255 e. The number of rotatable bonds is 7. The third-order valence-electron chi connectivity index (χ3n) is 2.67. The van der Waals surface area contributed by atoms with Gasteiger partial charge < -0.3 is 21.1 Å². The number of anilines is 1. The molecule has 0 aliphatic rings. The first-order valence-electron chi connectivity index (χ1n) is 7.04. The lowest BCUT2D eigenvalue weighted by Crippen LogP contribution is -2.34. The molecule has 1 rings (SSSR count). The summed E-state index contributed by atoms with van der Waals surface area (Å²) in [6, 6.07) is 5.10. The highest BCUT2D eigenvalue weighted by Gasteiger charge is 2.15. The molecule has 0 heterocycles. The highest BCUT2D eigenvalue weighted by Crippen LogP contribution is 2.26. The van der Waals surface area contributed by atoms with Gasteiger partial charge in [0.1, 0.15) is 0 Å². The molecule has 6 heteroatoms. The van der Waals surface area contributed by atoms with Gasteiger partial charge in [-0.1, -0.05) is 6.07 Å². The van der Waals surface area contributed by atoms with E-state index in [0.717, 1.165) is 0 Å². The lowest BCUT2D eigenvalue weighted by Gasteiger charge is -2.13. The number of nitrogen functional groups attached to an aromatic ring is 1. The van der Waals surface area contributed by atoms with Crippen molar-refractivity contribution in [1.29, 1.82) is 0 Å². The lowest BCUT2D eigenvalue weighted by atomic mass is 10.1. The van der Waals surface area contributed by atoms with Crippen LogP contribution in [-0.2, 0) is 4.79 Å². The molecule has 6 nitrogen and oxygen atoms in total. The minimum atomic E-state index is -0.303. The van der Waals surface area contributed by atoms with Crippen LogP contribution in [0.4, 0.5) is 5.69 Å². The molecule has 0 saturated heterocycles. The predicted octanol–water partition coefficient (Wildman–Crippen LogP) is 1.31. The van der Waals surface area contributed by atoms with E-state index in [4.69, 9.17) is 10.5 Å². The fraction of sp³-hybridized carbons (Fsp3) is 0.467. The highest BCUT2D eigenvalue weighted by atomic mass is 16.5. The molecule has 0 bridgehead atoms. The number of ether oxygens (including phenoxy) is 1. The Kier molecular flexibility index (Phi) is 6.52. The number of nitrogens with two attached hydrogens (primary N) is 1. The Bertz CT molecular complexity index is 501. The maximum absolute atomic E-state index is 12.1. The number of carbonyl (C=O) groups is 2. The summed E-state index contributed by atoms with van der Waals surface area (Å²) in [5.74, 6) is -0.0184. The normalized spacial score (nSPS) is 10.3. The van der Waals surface area contributed by atoms with E-state index in [1.54, 1.807) is 18.2 Å². The van der Waals surface area contributed by atoms with Crippen LogP contribution in [0.2, 0.25) is 0 Å². The van der Waals surface area contributed by atoms with E-state index >= 15 is 0 Å². The van der Waals surface area contributed by atoms with Crippen molar-refractivity contribution in [1.82, 2.24) is 10.6 Å². The van der Waals surface area contributed by atoms with E-state index in [-0.39, 0.29) is 30.8 Å². The number of carbonyl (C=O) groups excluding carboxylic acids is 2. The van der Waals surface area contributed by atoms with Gasteiger partial charge in [0.25, 0.3) is 5.91 Å². The topological polar surface area (TPSA) is 93.4 Å². The molecule has 0 aromatic heterocycles. The number of para-hydroxylation sites is 1. The Morgan fingerprint density at radius 3 is 2.67 bits per heavy atom. The molecule has 0 spiro atoms. The predicted molar refractivity (Wildman–Crippen MR) is 82.3 cm³/mol. The third-order valence-corrected chi connectivity index (χ3v) is 2.67. The third kappa shape index (κ3) is 5.33. The molecule has 0 fully saturated rings. The van der Waals surface area contributed by atoms with Crippen LogP contribution in [0.25, 0.3) is 0 Å². The van der Waals surface area contributed by atoms with Gasteiger partial charge in [0, 0.05) is 19.0 Å². The second kappa shape index (κ2) is 8.14. The Labute approximate surface area is 125 Å². The van der Waals surface area contributed by atoms with Gasteiger partial charge in [0.2, 0.25) is 5.91 Å².